The predicted octanol–water partition coefficient (Wildman–Crippen LogP) is 3.97. The Morgan fingerprint density at radius 2 is 1.57 bits per heavy atom. The molecule has 0 radical (unpaired) electrons. The highest BCUT2D eigenvalue weighted by Crippen LogP contribution is 2.14. The van der Waals surface area contributed by atoms with Crippen LogP contribution < -0.4 is 10.1 Å². The second kappa shape index (κ2) is 12.9. The molecule has 37 heavy (non-hydrogen) atoms. The highest BCUT2D eigenvalue weighted by atomic mass is 19.1. The summed E-state index contributed by atoms with van der Waals surface area (Å²) in [5.41, 5.74) is 0.193. The summed E-state index contributed by atoms with van der Waals surface area (Å²) in [5.74, 6) is -0.178. The van der Waals surface area contributed by atoms with E-state index in [1.54, 1.807) is 30.6 Å². The fourth-order valence-electron chi connectivity index (χ4n) is 3.64. The Hall–Kier alpha value is -3.82. The smallest absolute Gasteiger partial charge is 0.410 e. The van der Waals surface area contributed by atoms with Crippen molar-refractivity contribution in [3.05, 3.63) is 66.0 Å². The minimum atomic E-state index is -0.706. The molecule has 9 nitrogen and oxygen atoms in total. The third-order valence-corrected chi connectivity index (χ3v) is 5.50. The maximum Gasteiger partial charge on any atom is 0.410 e. The number of hydrogen-bond donors (Lipinski definition) is 1. The zero-order valence-electron chi connectivity index (χ0n) is 21.4. The second-order valence-electron chi connectivity index (χ2n) is 9.72. The Morgan fingerprint density at radius 1 is 0.946 bits per heavy atom. The van der Waals surface area contributed by atoms with Gasteiger partial charge in [-0.3, -0.25) is 4.79 Å². The number of piperazine rings is 1. The predicted molar refractivity (Wildman–Crippen MR) is 134 cm³/mol. The van der Waals surface area contributed by atoms with E-state index in [2.05, 4.69) is 5.32 Å². The van der Waals surface area contributed by atoms with E-state index in [4.69, 9.17) is 14.2 Å². The van der Waals surface area contributed by atoms with Crippen molar-refractivity contribution in [1.82, 2.24) is 15.1 Å². The van der Waals surface area contributed by atoms with Crippen molar-refractivity contribution in [2.45, 2.75) is 45.4 Å². The Morgan fingerprint density at radius 3 is 2.19 bits per heavy atom. The molecule has 3 rings (SSSR count). The molecule has 1 atom stereocenters. The molecule has 1 fully saturated rings. The van der Waals surface area contributed by atoms with Crippen LogP contribution in [0.25, 0.3) is 0 Å². The van der Waals surface area contributed by atoms with Gasteiger partial charge in [0.05, 0.1) is 12.5 Å². The summed E-state index contributed by atoms with van der Waals surface area (Å²) < 4.78 is 29.6. The first-order chi connectivity index (χ1) is 17.6. The molecule has 1 heterocycles. The third-order valence-electron chi connectivity index (χ3n) is 5.50. The van der Waals surface area contributed by atoms with Gasteiger partial charge < -0.3 is 29.3 Å². The van der Waals surface area contributed by atoms with Crippen molar-refractivity contribution in [3.8, 4) is 5.75 Å². The molecular formula is C27H34FN3O6. The molecule has 1 aliphatic heterocycles. The number of nitrogens with one attached hydrogen (secondary N) is 1. The summed E-state index contributed by atoms with van der Waals surface area (Å²) in [7, 11) is 0. The van der Waals surface area contributed by atoms with E-state index >= 15 is 0 Å². The summed E-state index contributed by atoms with van der Waals surface area (Å²) in [6, 6.07) is 14.2. The first kappa shape index (κ1) is 27.8. The molecule has 200 valence electrons. The Balaban J connectivity index is 1.51. The SMILES string of the molecule is CC(C)(C)OC(=O)N[C@H](COc1ccc(F)cc1)CC(=O)N1CCN(C(=O)OCc2ccccc2)CC1. The van der Waals surface area contributed by atoms with Crippen LogP contribution in [-0.4, -0.2) is 72.3 Å². The van der Waals surface area contributed by atoms with E-state index in [1.807, 2.05) is 30.3 Å². The van der Waals surface area contributed by atoms with Crippen LogP contribution in [0.15, 0.2) is 54.6 Å². The van der Waals surface area contributed by atoms with Gasteiger partial charge in [-0.15, -0.1) is 0 Å². The maximum absolute atomic E-state index is 13.2. The van der Waals surface area contributed by atoms with Crippen molar-refractivity contribution in [2.75, 3.05) is 32.8 Å². The highest BCUT2D eigenvalue weighted by Gasteiger charge is 2.28. The minimum absolute atomic E-state index is 0.0115. The van der Waals surface area contributed by atoms with Crippen molar-refractivity contribution < 1.29 is 33.0 Å². The van der Waals surface area contributed by atoms with E-state index in [-0.39, 0.29) is 25.5 Å². The van der Waals surface area contributed by atoms with E-state index in [0.29, 0.717) is 31.9 Å². The standard InChI is InChI=1S/C27H34FN3O6/c1-27(2,3)37-25(33)29-22(19-35-23-11-9-21(28)10-12-23)17-24(32)30-13-15-31(16-14-30)26(34)36-18-20-7-5-4-6-8-20/h4-12,22H,13-19H2,1-3H3,(H,29,33)/t22-/m0/s1. The van der Waals surface area contributed by atoms with Crippen LogP contribution in [-0.2, 0) is 20.9 Å². The molecule has 0 bridgehead atoms. The molecule has 1 aliphatic rings. The van der Waals surface area contributed by atoms with Crippen molar-refractivity contribution in [3.63, 3.8) is 0 Å². The number of carbonyl (C=O) groups excluding carboxylic acids is 3. The fourth-order valence-corrected chi connectivity index (χ4v) is 3.64. The summed E-state index contributed by atoms with van der Waals surface area (Å²) in [6.45, 7) is 6.78. The monoisotopic (exact) mass is 515 g/mol. The van der Waals surface area contributed by atoms with E-state index in [9.17, 15) is 18.8 Å². The van der Waals surface area contributed by atoms with E-state index < -0.39 is 29.6 Å². The zero-order chi connectivity index (χ0) is 26.8. The normalized spacial score (nSPS) is 14.5. The average molecular weight is 516 g/mol. The number of benzene rings is 2. The molecule has 0 spiro atoms. The number of ether oxygens (including phenoxy) is 3. The lowest BCUT2D eigenvalue weighted by molar-refractivity contribution is -0.133. The summed E-state index contributed by atoms with van der Waals surface area (Å²) in [5, 5.41) is 2.69. The largest absolute Gasteiger partial charge is 0.491 e. The molecule has 0 saturated carbocycles. The fraction of sp³-hybridized carbons (Fsp3) is 0.444. The highest BCUT2D eigenvalue weighted by molar-refractivity contribution is 5.78. The maximum atomic E-state index is 13.2. The lowest BCUT2D eigenvalue weighted by Crippen LogP contribution is -2.52. The van der Waals surface area contributed by atoms with Crippen LogP contribution in [0.5, 0.6) is 5.75 Å². The molecule has 0 aromatic heterocycles. The topological polar surface area (TPSA) is 97.4 Å². The van der Waals surface area contributed by atoms with Gasteiger partial charge in [0.25, 0.3) is 0 Å². The molecular weight excluding hydrogens is 481 g/mol. The number of amides is 3. The van der Waals surface area contributed by atoms with Crippen LogP contribution in [0, 0.1) is 5.82 Å². The van der Waals surface area contributed by atoms with Gasteiger partial charge in [-0.25, -0.2) is 14.0 Å². The summed E-state index contributed by atoms with van der Waals surface area (Å²) >= 11 is 0. The van der Waals surface area contributed by atoms with Gasteiger partial charge in [0.2, 0.25) is 5.91 Å². The average Bonchev–Trinajstić information content (AvgIpc) is 2.86. The first-order valence-corrected chi connectivity index (χ1v) is 12.2. The zero-order valence-corrected chi connectivity index (χ0v) is 21.4. The molecule has 0 unspecified atom stereocenters. The lowest BCUT2D eigenvalue weighted by atomic mass is 10.1. The Labute approximate surface area is 216 Å². The summed E-state index contributed by atoms with van der Waals surface area (Å²) in [4.78, 5) is 41.0. The van der Waals surface area contributed by atoms with Gasteiger partial charge in [-0.2, -0.15) is 0 Å². The molecule has 2 aromatic carbocycles. The van der Waals surface area contributed by atoms with E-state index in [0.717, 1.165) is 5.56 Å². The second-order valence-corrected chi connectivity index (χ2v) is 9.72. The van der Waals surface area contributed by atoms with Gasteiger partial charge in [-0.05, 0) is 50.6 Å². The van der Waals surface area contributed by atoms with Gasteiger partial charge in [0.1, 0.15) is 30.4 Å². The molecule has 2 aromatic rings. The Kier molecular flexibility index (Phi) is 9.71. The number of hydrogen-bond acceptors (Lipinski definition) is 6. The number of rotatable bonds is 8. The van der Waals surface area contributed by atoms with Crippen LogP contribution in [0.2, 0.25) is 0 Å². The molecule has 1 saturated heterocycles. The van der Waals surface area contributed by atoms with Gasteiger partial charge in [0.15, 0.2) is 0 Å². The first-order valence-electron chi connectivity index (χ1n) is 12.2. The molecule has 3 amide bonds. The summed E-state index contributed by atoms with van der Waals surface area (Å²) in [6.07, 6.45) is -1.12. The number of halogens is 1. The van der Waals surface area contributed by atoms with Gasteiger partial charge in [0, 0.05) is 26.2 Å². The number of alkyl carbamates (subject to hydrolysis) is 1. The van der Waals surface area contributed by atoms with Crippen molar-refractivity contribution >= 4 is 18.1 Å². The minimum Gasteiger partial charge on any atom is -0.491 e. The van der Waals surface area contributed by atoms with Crippen LogP contribution in [0.4, 0.5) is 14.0 Å². The third kappa shape index (κ3) is 9.63. The van der Waals surface area contributed by atoms with Crippen LogP contribution in [0.3, 0.4) is 0 Å². The van der Waals surface area contributed by atoms with Gasteiger partial charge >= 0.3 is 12.2 Å². The van der Waals surface area contributed by atoms with Crippen molar-refractivity contribution in [1.29, 1.82) is 0 Å². The molecule has 10 heteroatoms. The Bertz CT molecular complexity index is 1030. The van der Waals surface area contributed by atoms with Crippen molar-refractivity contribution in [2.24, 2.45) is 0 Å². The van der Waals surface area contributed by atoms with E-state index in [1.165, 1.54) is 24.3 Å². The van der Waals surface area contributed by atoms with Gasteiger partial charge in [-0.1, -0.05) is 30.3 Å². The number of nitrogens with zero attached hydrogens (tertiary/aromatic N) is 2. The molecule has 0 aliphatic carbocycles. The lowest BCUT2D eigenvalue weighted by Gasteiger charge is -2.35. The number of carbonyl (C=O) groups is 3. The quantitative estimate of drug-likeness (QED) is 0.572. The van der Waals surface area contributed by atoms with Crippen LogP contribution in [0.1, 0.15) is 32.8 Å². The van der Waals surface area contributed by atoms with Crippen LogP contribution >= 0.6 is 0 Å². The molecule has 1 N–H and O–H groups in total.